The Morgan fingerprint density at radius 3 is 2.81 bits per heavy atom. The summed E-state index contributed by atoms with van der Waals surface area (Å²) in [5, 5.41) is 2.21. The highest BCUT2D eigenvalue weighted by Crippen LogP contribution is 2.44. The van der Waals surface area contributed by atoms with Crippen molar-refractivity contribution in [3.05, 3.63) is 47.0 Å². The quantitative estimate of drug-likeness (QED) is 0.695. The Morgan fingerprint density at radius 2 is 2.03 bits per heavy atom. The number of carbonyl (C=O) groups excluding carboxylic acids is 2. The second-order valence-electron chi connectivity index (χ2n) is 9.78. The highest BCUT2D eigenvalue weighted by Gasteiger charge is 2.53. The number of benzene rings is 2. The number of likely N-dealkylation sites (tertiary alicyclic amines) is 2. The zero-order valence-electron chi connectivity index (χ0n) is 18.7. The fraction of sp³-hybridized carbons (Fsp3) is 0.520. The zero-order valence-corrected chi connectivity index (χ0v) is 18.7. The Hall–Kier alpha value is -2.44. The lowest BCUT2D eigenvalue weighted by molar-refractivity contribution is -0.130. The lowest BCUT2D eigenvalue weighted by Gasteiger charge is -2.32. The fourth-order valence-electron chi connectivity index (χ4n) is 6.11. The van der Waals surface area contributed by atoms with Gasteiger partial charge in [0.2, 0.25) is 5.91 Å². The van der Waals surface area contributed by atoms with Crippen LogP contribution in [-0.4, -0.2) is 73.4 Å². The molecule has 2 aromatic rings. The summed E-state index contributed by atoms with van der Waals surface area (Å²) in [7, 11) is 4.26. The Morgan fingerprint density at radius 1 is 1.19 bits per heavy atom. The average molecular weight is 422 g/mol. The zero-order chi connectivity index (χ0) is 21.8. The summed E-state index contributed by atoms with van der Waals surface area (Å²) in [5.41, 5.74) is 3.16. The number of hydrogen-bond donors (Lipinski definition) is 0. The van der Waals surface area contributed by atoms with Crippen LogP contribution in [0.15, 0.2) is 30.3 Å². The number of fused-ring (bicyclic) bond motifs is 1. The van der Waals surface area contributed by atoms with Gasteiger partial charge in [0.25, 0.3) is 0 Å². The molecule has 2 fully saturated rings. The first kappa shape index (κ1) is 20.5. The van der Waals surface area contributed by atoms with Crippen LogP contribution < -0.4 is 0 Å². The third kappa shape index (κ3) is 3.42. The van der Waals surface area contributed by atoms with Gasteiger partial charge in [-0.1, -0.05) is 31.2 Å². The Labute approximate surface area is 183 Å². The van der Waals surface area contributed by atoms with Crippen LogP contribution in [0.1, 0.15) is 34.8 Å². The van der Waals surface area contributed by atoms with Gasteiger partial charge in [-0.2, -0.15) is 0 Å². The SMILES string of the molecule is CCC(=O)N1C[C@@H]2CN(Cc3ccc4c5c(cccc35)C(=O)OC4)C[C@]2(CN(C)C)C1. The number of carbonyl (C=O) groups is 2. The van der Waals surface area contributed by atoms with Gasteiger partial charge in [0, 0.05) is 56.5 Å². The van der Waals surface area contributed by atoms with Gasteiger partial charge in [-0.05, 0) is 42.6 Å². The van der Waals surface area contributed by atoms with E-state index in [0.29, 0.717) is 24.5 Å². The second kappa shape index (κ2) is 7.61. The molecule has 2 aromatic carbocycles. The Kier molecular flexibility index (Phi) is 5.02. The number of rotatable bonds is 5. The molecule has 0 N–H and O–H groups in total. The van der Waals surface area contributed by atoms with Crippen LogP contribution in [0.5, 0.6) is 0 Å². The molecule has 0 aliphatic carbocycles. The van der Waals surface area contributed by atoms with Gasteiger partial charge < -0.3 is 14.5 Å². The molecule has 6 heteroatoms. The summed E-state index contributed by atoms with van der Waals surface area (Å²) < 4.78 is 5.32. The minimum Gasteiger partial charge on any atom is -0.457 e. The van der Waals surface area contributed by atoms with E-state index in [2.05, 4.69) is 47.0 Å². The van der Waals surface area contributed by atoms with E-state index in [1.807, 2.05) is 19.1 Å². The van der Waals surface area contributed by atoms with Crippen LogP contribution in [0.3, 0.4) is 0 Å². The van der Waals surface area contributed by atoms with Gasteiger partial charge in [0.15, 0.2) is 0 Å². The van der Waals surface area contributed by atoms with Crippen molar-refractivity contribution in [2.24, 2.45) is 11.3 Å². The van der Waals surface area contributed by atoms with Gasteiger partial charge >= 0.3 is 5.97 Å². The number of hydrogen-bond acceptors (Lipinski definition) is 5. The fourth-order valence-corrected chi connectivity index (χ4v) is 6.11. The molecule has 0 saturated carbocycles. The van der Waals surface area contributed by atoms with Crippen LogP contribution >= 0.6 is 0 Å². The molecule has 164 valence electrons. The first-order valence-corrected chi connectivity index (χ1v) is 11.3. The van der Waals surface area contributed by atoms with E-state index in [9.17, 15) is 9.59 Å². The predicted octanol–water partition coefficient (Wildman–Crippen LogP) is 2.74. The van der Waals surface area contributed by atoms with Gasteiger partial charge in [-0.15, -0.1) is 0 Å². The van der Waals surface area contributed by atoms with E-state index in [4.69, 9.17) is 4.74 Å². The minimum absolute atomic E-state index is 0.129. The van der Waals surface area contributed by atoms with Gasteiger partial charge in [-0.25, -0.2) is 4.79 Å². The molecule has 6 nitrogen and oxygen atoms in total. The number of amides is 1. The number of cyclic esters (lactones) is 1. The minimum atomic E-state index is -0.225. The molecule has 31 heavy (non-hydrogen) atoms. The largest absolute Gasteiger partial charge is 0.457 e. The first-order valence-electron chi connectivity index (χ1n) is 11.3. The van der Waals surface area contributed by atoms with Crippen molar-refractivity contribution in [2.45, 2.75) is 26.5 Å². The molecule has 0 bridgehead atoms. The molecule has 0 spiro atoms. The van der Waals surface area contributed by atoms with Gasteiger partial charge in [0.1, 0.15) is 6.61 Å². The normalized spacial score (nSPS) is 25.4. The lowest BCUT2D eigenvalue weighted by Crippen LogP contribution is -2.42. The van der Waals surface area contributed by atoms with Crippen LogP contribution in [-0.2, 0) is 22.7 Å². The van der Waals surface area contributed by atoms with E-state index in [-0.39, 0.29) is 17.3 Å². The monoisotopic (exact) mass is 421 g/mol. The highest BCUT2D eigenvalue weighted by atomic mass is 16.5. The van der Waals surface area contributed by atoms with Crippen molar-refractivity contribution < 1.29 is 14.3 Å². The summed E-state index contributed by atoms with van der Waals surface area (Å²) in [5.74, 6) is 0.548. The summed E-state index contributed by atoms with van der Waals surface area (Å²) in [6.07, 6.45) is 0.581. The molecule has 2 saturated heterocycles. The van der Waals surface area contributed by atoms with Crippen molar-refractivity contribution >= 4 is 22.6 Å². The van der Waals surface area contributed by atoms with E-state index in [0.717, 1.165) is 55.6 Å². The van der Waals surface area contributed by atoms with Crippen molar-refractivity contribution in [3.8, 4) is 0 Å². The molecular weight excluding hydrogens is 390 g/mol. The van der Waals surface area contributed by atoms with Crippen molar-refractivity contribution in [3.63, 3.8) is 0 Å². The maximum absolute atomic E-state index is 12.4. The molecule has 0 unspecified atom stereocenters. The molecule has 3 heterocycles. The molecular formula is C25H31N3O3. The number of esters is 1. The van der Waals surface area contributed by atoms with Crippen LogP contribution in [0.4, 0.5) is 0 Å². The standard InChI is InChI=1S/C25H31N3O3/c1-4-22(29)28-12-19-11-27(15-25(19,16-28)14-26(2)3)10-17-8-9-18-13-31-24(30)21-7-5-6-20(17)23(18)21/h5-9,19H,4,10-16H2,1-3H3/t19-,25+/m0/s1. The highest BCUT2D eigenvalue weighted by molar-refractivity contribution is 6.08. The Balaban J connectivity index is 1.42. The summed E-state index contributed by atoms with van der Waals surface area (Å²) >= 11 is 0. The topological polar surface area (TPSA) is 53.1 Å². The maximum atomic E-state index is 12.4. The smallest absolute Gasteiger partial charge is 0.339 e. The molecule has 3 aliphatic rings. The lowest BCUT2D eigenvalue weighted by atomic mass is 9.80. The molecule has 0 aromatic heterocycles. The maximum Gasteiger partial charge on any atom is 0.339 e. The first-order chi connectivity index (χ1) is 14.9. The average Bonchev–Trinajstić information content (AvgIpc) is 3.23. The predicted molar refractivity (Wildman–Crippen MR) is 120 cm³/mol. The van der Waals surface area contributed by atoms with Gasteiger partial charge in [0.05, 0.1) is 5.56 Å². The van der Waals surface area contributed by atoms with E-state index < -0.39 is 0 Å². The molecule has 0 radical (unpaired) electrons. The van der Waals surface area contributed by atoms with Crippen molar-refractivity contribution in [1.82, 2.24) is 14.7 Å². The van der Waals surface area contributed by atoms with Crippen molar-refractivity contribution in [1.29, 1.82) is 0 Å². The van der Waals surface area contributed by atoms with E-state index in [1.165, 1.54) is 5.56 Å². The summed E-state index contributed by atoms with van der Waals surface area (Å²) in [4.78, 5) is 31.5. The third-order valence-corrected chi connectivity index (χ3v) is 7.31. The molecule has 2 atom stereocenters. The number of nitrogens with zero attached hydrogens (tertiary/aromatic N) is 3. The van der Waals surface area contributed by atoms with E-state index >= 15 is 0 Å². The third-order valence-electron chi connectivity index (χ3n) is 7.31. The van der Waals surface area contributed by atoms with E-state index in [1.54, 1.807) is 0 Å². The molecule has 3 aliphatic heterocycles. The summed E-state index contributed by atoms with van der Waals surface area (Å²) in [6.45, 7) is 7.89. The van der Waals surface area contributed by atoms with Crippen LogP contribution in [0.2, 0.25) is 0 Å². The van der Waals surface area contributed by atoms with Crippen LogP contribution in [0, 0.1) is 11.3 Å². The molecule has 1 amide bonds. The molecule has 5 rings (SSSR count). The Bertz CT molecular complexity index is 1050. The summed E-state index contributed by atoms with van der Waals surface area (Å²) in [6, 6.07) is 10.3. The second-order valence-corrected chi connectivity index (χ2v) is 9.78. The van der Waals surface area contributed by atoms with Crippen molar-refractivity contribution in [2.75, 3.05) is 46.8 Å². The van der Waals surface area contributed by atoms with Gasteiger partial charge in [-0.3, -0.25) is 9.69 Å². The van der Waals surface area contributed by atoms with Crippen LogP contribution in [0.25, 0.3) is 10.8 Å². The number of ether oxygens (including phenoxy) is 1.